The third-order valence-electron chi connectivity index (χ3n) is 21.7. The van der Waals surface area contributed by atoms with Crippen LogP contribution in [0.5, 0.6) is 0 Å². The number of rotatable bonds is 56. The Kier molecular flexibility index (Phi) is 44.2. The van der Waals surface area contributed by atoms with Crippen LogP contribution in [0.25, 0.3) is 10.4 Å². The number of nitrogens with one attached hydrogen (secondary N) is 1. The van der Waals surface area contributed by atoms with Crippen molar-refractivity contribution in [3.8, 4) is 0 Å². The lowest BCUT2D eigenvalue weighted by Crippen LogP contribution is -2.67. The van der Waals surface area contributed by atoms with Gasteiger partial charge in [0.2, 0.25) is 5.91 Å². The van der Waals surface area contributed by atoms with Gasteiger partial charge in [-0.15, -0.1) is 0 Å². The maximum Gasteiger partial charge on any atom is 0.509 e. The van der Waals surface area contributed by atoms with Crippen molar-refractivity contribution in [1.29, 1.82) is 0 Å². The van der Waals surface area contributed by atoms with E-state index in [1.165, 1.54) is 57.4 Å². The zero-order valence-electron chi connectivity index (χ0n) is 69.6. The Balaban J connectivity index is 1.31. The molecular weight excluding hydrogens is 1490 g/mol. The van der Waals surface area contributed by atoms with Gasteiger partial charge < -0.3 is 57.1 Å². The predicted octanol–water partition coefficient (Wildman–Crippen LogP) is 21.6. The Morgan fingerprint density at radius 2 is 1.07 bits per heavy atom. The van der Waals surface area contributed by atoms with E-state index in [9.17, 15) is 15.1 Å². The number of esters is 2. The van der Waals surface area contributed by atoms with Crippen molar-refractivity contribution in [2.24, 2.45) is 5.11 Å². The number of carbonyl (C=O) groups excluding carboxylic acids is 4. The van der Waals surface area contributed by atoms with Gasteiger partial charge in [-0.3, -0.25) is 28.0 Å². The second-order valence-electron chi connectivity index (χ2n) is 32.1. The SMILES string of the molecule is C=CCOC(=O)O[C@@H]1[C@@H](NC(=O)C[C@@H](CCCCCCCCCCC)OC(=O)CCCCCCCCC)[C@H](OC[C@H]2O[C@@H](O[Si](C)(C)C(C)(C)C)[C@H](N=[N+]=[N-])[C@@H](OC(=O)C[C@@H](CCCCCCCCCCC)OCc3ccccc3)[C@@H]2OCc2ccccc2)O[C@H](COCc2ccccc2)[C@H]1OP1(=O)OCc2ccccc2CO1. The summed E-state index contributed by atoms with van der Waals surface area (Å²) in [6.07, 6.45) is 13.8. The Bertz CT molecular complexity index is 3430. The number of unbranched alkanes of at least 4 members (excludes halogenated alkanes) is 22. The van der Waals surface area contributed by atoms with Gasteiger partial charge in [-0.05, 0) is 77.2 Å². The van der Waals surface area contributed by atoms with E-state index in [0.717, 1.165) is 113 Å². The fourth-order valence-corrected chi connectivity index (χ4v) is 16.6. The molecule has 2 saturated heterocycles. The average Bonchev–Trinajstić information content (AvgIpc) is 0.885. The average molecular weight is 1620 g/mol. The number of phosphoric ester groups is 1. The standard InChI is InChI=1S/C89H135N4O19PSi/c1-10-14-17-20-23-25-28-30-42-55-73(101-62-69-49-38-34-39-50-69)60-79(96)109-85-81(92-93-90)87(112-114(8,9)89(5,6)7)108-76(82(85)102-63-70-51-40-35-41-52-70)67-103-86-80(91-77(94)59-74(56-43-31-29-26-24-21-18-15-11-2)106-78(95)57-44-32-27-22-19-16-12-3)84(110-88(97)100-58-13-4)83(75(107-86)66-99-61-68-47-36-33-37-48-68)111-113(98)104-64-71-53-45-46-54-72(71)65-105-113/h13,33-41,45-54,73-76,80-87H,4,10-12,14-32,42-44,55-67H2,1-3,5-9H3,(H,91,94)/t73-,74-,75-,76-,80-,81-,82-,83-,84-,85-,86-,87+/m1/s1. The molecule has 4 aromatic rings. The number of azide groups is 1. The van der Waals surface area contributed by atoms with E-state index in [2.05, 4.69) is 63.5 Å². The van der Waals surface area contributed by atoms with Gasteiger partial charge in [-0.25, -0.2) is 9.36 Å². The van der Waals surface area contributed by atoms with Gasteiger partial charge in [0.25, 0.3) is 0 Å². The first-order chi connectivity index (χ1) is 55.2. The van der Waals surface area contributed by atoms with E-state index in [-0.39, 0.29) is 65.5 Å². The number of carbonyl (C=O) groups is 4. The van der Waals surface area contributed by atoms with Gasteiger partial charge >= 0.3 is 25.9 Å². The summed E-state index contributed by atoms with van der Waals surface area (Å²) in [5, 5.41) is 7.00. The molecule has 0 aromatic heterocycles. The van der Waals surface area contributed by atoms with Crippen molar-refractivity contribution < 1.29 is 89.1 Å². The summed E-state index contributed by atoms with van der Waals surface area (Å²) in [5.74, 6) is -1.73. The summed E-state index contributed by atoms with van der Waals surface area (Å²) in [4.78, 5) is 62.5. The molecular formula is C89H135N4O19PSi. The molecule has 1 N–H and O–H groups in total. The van der Waals surface area contributed by atoms with Gasteiger partial charge in [-0.1, -0.05) is 322 Å². The van der Waals surface area contributed by atoms with Crippen LogP contribution in [0.4, 0.5) is 4.79 Å². The van der Waals surface area contributed by atoms with Crippen LogP contribution in [0.15, 0.2) is 133 Å². The molecule has 12 atom stereocenters. The molecule has 23 nitrogen and oxygen atoms in total. The maximum atomic E-state index is 15.5. The highest BCUT2D eigenvalue weighted by Gasteiger charge is 2.56. The largest absolute Gasteiger partial charge is 0.509 e. The minimum Gasteiger partial charge on any atom is -0.462 e. The van der Waals surface area contributed by atoms with E-state index in [0.29, 0.717) is 36.8 Å². The number of hydrogen-bond donors (Lipinski definition) is 1. The lowest BCUT2D eigenvalue weighted by atomic mass is 9.95. The van der Waals surface area contributed by atoms with Crippen LogP contribution < -0.4 is 5.32 Å². The van der Waals surface area contributed by atoms with Crippen molar-refractivity contribution >= 4 is 40.1 Å². The van der Waals surface area contributed by atoms with Crippen LogP contribution >= 0.6 is 7.82 Å². The Hall–Kier alpha value is -6.34. The summed E-state index contributed by atoms with van der Waals surface area (Å²) in [6.45, 7) is 19.3. The number of amides is 1. The zero-order chi connectivity index (χ0) is 81.7. The summed E-state index contributed by atoms with van der Waals surface area (Å²) < 4.78 is 108. The first-order valence-electron chi connectivity index (χ1n) is 42.6. The first-order valence-corrected chi connectivity index (χ1v) is 47.0. The summed E-state index contributed by atoms with van der Waals surface area (Å²) in [5.41, 5.74) is 14.5. The lowest BCUT2D eigenvalue weighted by molar-refractivity contribution is -0.300. The van der Waals surface area contributed by atoms with Crippen LogP contribution in [0.3, 0.4) is 0 Å². The van der Waals surface area contributed by atoms with Gasteiger partial charge in [0.1, 0.15) is 55.3 Å². The number of benzene rings is 4. The van der Waals surface area contributed by atoms with Gasteiger partial charge in [0.05, 0.1) is 65.2 Å². The molecule has 3 aliphatic rings. The molecule has 1 amide bonds. The molecule has 0 aliphatic carbocycles. The highest BCUT2D eigenvalue weighted by atomic mass is 31.2. The second kappa shape index (κ2) is 53.2. The van der Waals surface area contributed by atoms with Gasteiger partial charge in [0, 0.05) is 11.3 Å². The van der Waals surface area contributed by atoms with Crippen LogP contribution in [-0.2, 0) is 117 Å². The number of ether oxygens (including phenoxy) is 10. The third-order valence-corrected chi connectivity index (χ3v) is 27.5. The van der Waals surface area contributed by atoms with E-state index >= 15 is 14.2 Å². The van der Waals surface area contributed by atoms with E-state index < -0.39 is 125 Å². The topological polar surface area (TPSA) is 275 Å². The molecule has 0 spiro atoms. The molecule has 634 valence electrons. The fourth-order valence-electron chi connectivity index (χ4n) is 14.1. The summed E-state index contributed by atoms with van der Waals surface area (Å²) in [6, 6.07) is 32.8. The number of phosphoric acid groups is 1. The molecule has 114 heavy (non-hydrogen) atoms. The Morgan fingerprint density at radius 3 is 1.61 bits per heavy atom. The quantitative estimate of drug-likeness (QED) is 0.00495. The van der Waals surface area contributed by atoms with Crippen molar-refractivity contribution in [2.45, 2.75) is 359 Å². The summed E-state index contributed by atoms with van der Waals surface area (Å²) >= 11 is 0. The highest BCUT2D eigenvalue weighted by molar-refractivity contribution is 7.48. The van der Waals surface area contributed by atoms with Crippen LogP contribution in [-0.4, -0.2) is 126 Å². The van der Waals surface area contributed by atoms with Crippen molar-refractivity contribution in [2.75, 3.05) is 19.8 Å². The maximum absolute atomic E-state index is 15.5. The van der Waals surface area contributed by atoms with Gasteiger partial charge in [-0.2, -0.15) is 0 Å². The molecule has 0 bridgehead atoms. The van der Waals surface area contributed by atoms with Crippen molar-refractivity contribution in [3.05, 3.63) is 166 Å². The highest BCUT2D eigenvalue weighted by Crippen LogP contribution is 2.55. The van der Waals surface area contributed by atoms with Crippen LogP contribution in [0.2, 0.25) is 18.1 Å². The molecule has 0 unspecified atom stereocenters. The molecule has 25 heteroatoms. The van der Waals surface area contributed by atoms with E-state index in [4.69, 9.17) is 65.4 Å². The van der Waals surface area contributed by atoms with E-state index in [1.54, 1.807) is 0 Å². The Labute approximate surface area is 681 Å². The summed E-state index contributed by atoms with van der Waals surface area (Å²) in [7, 11) is -7.65. The molecule has 0 saturated carbocycles. The third kappa shape index (κ3) is 34.7. The molecule has 7 rings (SSSR count). The van der Waals surface area contributed by atoms with Crippen LogP contribution in [0.1, 0.15) is 262 Å². The number of fused-ring (bicyclic) bond motifs is 1. The van der Waals surface area contributed by atoms with E-state index in [1.807, 2.05) is 128 Å². The fraction of sp³-hybridized carbons (Fsp3) is 0.663. The lowest BCUT2D eigenvalue weighted by Gasteiger charge is -2.49. The monoisotopic (exact) mass is 1620 g/mol. The van der Waals surface area contributed by atoms with Gasteiger partial charge in [0.15, 0.2) is 27.0 Å². The minimum atomic E-state index is -4.72. The predicted molar refractivity (Wildman–Crippen MR) is 443 cm³/mol. The first kappa shape index (κ1) is 94.8. The number of hydrogen-bond acceptors (Lipinski definition) is 20. The zero-order valence-corrected chi connectivity index (χ0v) is 71.5. The molecule has 3 heterocycles. The van der Waals surface area contributed by atoms with Crippen LogP contribution in [0, 0.1) is 0 Å². The van der Waals surface area contributed by atoms with Crippen molar-refractivity contribution in [1.82, 2.24) is 5.32 Å². The van der Waals surface area contributed by atoms with Crippen molar-refractivity contribution in [3.63, 3.8) is 0 Å². The Morgan fingerprint density at radius 1 is 0.579 bits per heavy atom. The minimum absolute atomic E-state index is 0.0432. The molecule has 4 aromatic carbocycles. The second-order valence-corrected chi connectivity index (χ2v) is 38.5. The number of nitrogens with zero attached hydrogens (tertiary/aromatic N) is 3. The smallest absolute Gasteiger partial charge is 0.462 e. The normalized spacial score (nSPS) is 21.4. The molecule has 0 radical (unpaired) electrons. The molecule has 2 fully saturated rings. The molecule has 3 aliphatic heterocycles.